The van der Waals surface area contributed by atoms with Gasteiger partial charge in [0.15, 0.2) is 18.1 Å². The van der Waals surface area contributed by atoms with Gasteiger partial charge in [-0.15, -0.1) is 0 Å². The number of hydrogen-bond acceptors (Lipinski definition) is 5. The van der Waals surface area contributed by atoms with Gasteiger partial charge in [-0.25, -0.2) is 0 Å². The number of nitrogens with zero attached hydrogens (tertiary/aromatic N) is 1. The molecule has 2 N–H and O–H groups in total. The molecule has 190 valence electrons. The first-order valence-corrected chi connectivity index (χ1v) is 12.8. The topological polar surface area (TPSA) is 100 Å². The van der Waals surface area contributed by atoms with Crippen LogP contribution in [0.4, 0.5) is 11.4 Å². The summed E-state index contributed by atoms with van der Waals surface area (Å²) < 4.78 is 12.2. The van der Waals surface area contributed by atoms with Gasteiger partial charge in [-0.05, 0) is 109 Å². The van der Waals surface area contributed by atoms with Crippen LogP contribution in [0.1, 0.15) is 23.6 Å². The Bertz CT molecular complexity index is 1380. The van der Waals surface area contributed by atoms with E-state index in [-0.39, 0.29) is 18.1 Å². The zero-order chi connectivity index (χ0) is 26.9. The number of amides is 2. The molecule has 37 heavy (non-hydrogen) atoms. The lowest BCUT2D eigenvalue weighted by Crippen LogP contribution is -2.21. The number of nitriles is 1. The van der Waals surface area contributed by atoms with Crippen LogP contribution < -0.4 is 20.1 Å². The number of carbonyl (C=O) groups is 2. The van der Waals surface area contributed by atoms with Crippen molar-refractivity contribution in [3.63, 3.8) is 0 Å². The molecular weight excluding hydrogens is 605 g/mol. The van der Waals surface area contributed by atoms with E-state index in [9.17, 15) is 14.9 Å². The highest BCUT2D eigenvalue weighted by molar-refractivity contribution is 14.1. The molecule has 2 amide bonds. The van der Waals surface area contributed by atoms with Crippen LogP contribution in [-0.4, -0.2) is 25.0 Å². The largest absolute Gasteiger partial charge is 0.490 e. The molecule has 9 heteroatoms. The molecule has 0 bridgehead atoms. The van der Waals surface area contributed by atoms with E-state index in [1.807, 2.05) is 45.0 Å². The van der Waals surface area contributed by atoms with E-state index in [0.29, 0.717) is 37.9 Å². The number of ether oxygens (including phenoxy) is 2. The third-order valence-electron chi connectivity index (χ3n) is 5.34. The molecule has 0 saturated carbocycles. The zero-order valence-corrected chi connectivity index (χ0v) is 23.4. The predicted octanol–water partition coefficient (Wildman–Crippen LogP) is 6.52. The monoisotopic (exact) mass is 629 g/mol. The third-order valence-corrected chi connectivity index (χ3v) is 6.39. The summed E-state index contributed by atoms with van der Waals surface area (Å²) in [6, 6.07) is 17.6. The number of hydrogen-bond donors (Lipinski definition) is 2. The first-order chi connectivity index (χ1) is 17.7. The lowest BCUT2D eigenvalue weighted by Gasteiger charge is -2.15. The quantitative estimate of drug-likeness (QED) is 0.159. The van der Waals surface area contributed by atoms with E-state index in [1.165, 1.54) is 6.08 Å². The Morgan fingerprint density at radius 2 is 1.81 bits per heavy atom. The van der Waals surface area contributed by atoms with Crippen molar-refractivity contribution in [2.24, 2.45) is 0 Å². The number of carbonyl (C=O) groups excluding carboxylic acids is 2. The average molecular weight is 630 g/mol. The lowest BCUT2D eigenvalue weighted by atomic mass is 10.1. The van der Waals surface area contributed by atoms with Gasteiger partial charge >= 0.3 is 0 Å². The Balaban J connectivity index is 1.77. The molecule has 0 aliphatic rings. The minimum Gasteiger partial charge on any atom is -0.490 e. The van der Waals surface area contributed by atoms with Gasteiger partial charge in [0.05, 0.1) is 10.2 Å². The highest BCUT2D eigenvalue weighted by atomic mass is 127. The second-order valence-corrected chi connectivity index (χ2v) is 9.58. The summed E-state index contributed by atoms with van der Waals surface area (Å²) in [5.41, 5.74) is 3.80. The van der Waals surface area contributed by atoms with Crippen molar-refractivity contribution in [3.8, 4) is 17.6 Å². The minimum absolute atomic E-state index is 0.0882. The molecule has 3 aromatic rings. The summed E-state index contributed by atoms with van der Waals surface area (Å²) in [5.74, 6) is -0.0572. The molecular formula is C28H25ClIN3O4. The van der Waals surface area contributed by atoms with Crippen molar-refractivity contribution in [2.45, 2.75) is 20.8 Å². The number of aryl methyl sites for hydroxylation is 1. The fourth-order valence-electron chi connectivity index (χ4n) is 3.33. The normalized spacial score (nSPS) is 10.9. The SMILES string of the molecule is CCOc1cc(/C=C(/C#N)C(=O)Nc2ccc(Cl)cc2)cc(I)c1OCC(=O)Nc1cccc(C)c1C. The van der Waals surface area contributed by atoms with Gasteiger partial charge in [0.25, 0.3) is 11.8 Å². The maximum absolute atomic E-state index is 12.6. The molecule has 0 radical (unpaired) electrons. The first kappa shape index (κ1) is 28.0. The van der Waals surface area contributed by atoms with Gasteiger partial charge < -0.3 is 20.1 Å². The van der Waals surface area contributed by atoms with Crippen LogP contribution in [0, 0.1) is 28.7 Å². The van der Waals surface area contributed by atoms with Crippen molar-refractivity contribution < 1.29 is 19.1 Å². The first-order valence-electron chi connectivity index (χ1n) is 11.4. The van der Waals surface area contributed by atoms with Crippen LogP contribution in [0.5, 0.6) is 11.5 Å². The lowest BCUT2D eigenvalue weighted by molar-refractivity contribution is -0.118. The Hall–Kier alpha value is -3.55. The van der Waals surface area contributed by atoms with Gasteiger partial charge in [-0.2, -0.15) is 5.26 Å². The standard InChI is InChI=1S/C28H25ClIN3O4/c1-4-36-25-14-19(12-20(15-31)28(35)32-22-10-8-21(29)9-11-22)13-23(30)27(25)37-16-26(34)33-24-7-5-6-17(2)18(24)3/h5-14H,4,16H2,1-3H3,(H,32,35)(H,33,34)/b20-12-. The van der Waals surface area contributed by atoms with E-state index in [4.69, 9.17) is 21.1 Å². The molecule has 0 atom stereocenters. The van der Waals surface area contributed by atoms with Crippen LogP contribution in [0.25, 0.3) is 6.08 Å². The summed E-state index contributed by atoms with van der Waals surface area (Å²) >= 11 is 7.95. The van der Waals surface area contributed by atoms with Crippen molar-refractivity contribution in [2.75, 3.05) is 23.8 Å². The highest BCUT2D eigenvalue weighted by Gasteiger charge is 2.16. The van der Waals surface area contributed by atoms with Crippen LogP contribution in [0.2, 0.25) is 5.02 Å². The number of anilines is 2. The molecule has 0 saturated heterocycles. The van der Waals surface area contributed by atoms with E-state index in [1.54, 1.807) is 36.4 Å². The molecule has 3 rings (SSSR count). The minimum atomic E-state index is -0.554. The van der Waals surface area contributed by atoms with Crippen molar-refractivity contribution in [3.05, 3.63) is 85.5 Å². The Morgan fingerprint density at radius 3 is 2.49 bits per heavy atom. The summed E-state index contributed by atoms with van der Waals surface area (Å²) in [5, 5.41) is 15.7. The Kier molecular flexibility index (Phi) is 9.94. The molecule has 0 heterocycles. The van der Waals surface area contributed by atoms with E-state index >= 15 is 0 Å². The average Bonchev–Trinajstić information content (AvgIpc) is 2.86. The van der Waals surface area contributed by atoms with Crippen molar-refractivity contribution >= 4 is 63.5 Å². The molecule has 0 spiro atoms. The Labute approximate surface area is 234 Å². The third kappa shape index (κ3) is 7.71. The highest BCUT2D eigenvalue weighted by Crippen LogP contribution is 2.35. The van der Waals surface area contributed by atoms with Gasteiger partial charge in [-0.3, -0.25) is 9.59 Å². The number of halogens is 2. The van der Waals surface area contributed by atoms with E-state index in [2.05, 4.69) is 33.2 Å². The van der Waals surface area contributed by atoms with Crippen LogP contribution in [0.3, 0.4) is 0 Å². The number of benzene rings is 3. The van der Waals surface area contributed by atoms with Crippen molar-refractivity contribution in [1.29, 1.82) is 5.26 Å². The summed E-state index contributed by atoms with van der Waals surface area (Å²) in [7, 11) is 0. The fraction of sp³-hybridized carbons (Fsp3) is 0.179. The van der Waals surface area contributed by atoms with Crippen LogP contribution in [0.15, 0.2) is 60.2 Å². The summed E-state index contributed by atoms with van der Waals surface area (Å²) in [4.78, 5) is 25.2. The summed E-state index contributed by atoms with van der Waals surface area (Å²) in [6.45, 7) is 5.89. The fourth-order valence-corrected chi connectivity index (χ4v) is 4.24. The molecule has 0 aliphatic carbocycles. The van der Waals surface area contributed by atoms with Gasteiger partial charge in [0.1, 0.15) is 11.6 Å². The van der Waals surface area contributed by atoms with Gasteiger partial charge in [-0.1, -0.05) is 23.7 Å². The van der Waals surface area contributed by atoms with Gasteiger partial charge in [0.2, 0.25) is 0 Å². The van der Waals surface area contributed by atoms with Gasteiger partial charge in [0, 0.05) is 16.4 Å². The van der Waals surface area contributed by atoms with Crippen molar-refractivity contribution in [1.82, 2.24) is 0 Å². The Morgan fingerprint density at radius 1 is 1.08 bits per heavy atom. The predicted molar refractivity (Wildman–Crippen MR) is 154 cm³/mol. The van der Waals surface area contributed by atoms with Crippen LogP contribution >= 0.6 is 34.2 Å². The van der Waals surface area contributed by atoms with E-state index < -0.39 is 5.91 Å². The second-order valence-electron chi connectivity index (χ2n) is 7.98. The maximum Gasteiger partial charge on any atom is 0.266 e. The molecule has 7 nitrogen and oxygen atoms in total. The molecule has 0 aromatic heterocycles. The smallest absolute Gasteiger partial charge is 0.266 e. The molecule has 3 aromatic carbocycles. The molecule has 0 fully saturated rings. The zero-order valence-electron chi connectivity index (χ0n) is 20.5. The van der Waals surface area contributed by atoms with Crippen LogP contribution in [-0.2, 0) is 9.59 Å². The number of nitrogens with one attached hydrogen (secondary N) is 2. The summed E-state index contributed by atoms with van der Waals surface area (Å²) in [6.07, 6.45) is 1.47. The van der Waals surface area contributed by atoms with E-state index in [0.717, 1.165) is 16.8 Å². The second kappa shape index (κ2) is 13.1. The maximum atomic E-state index is 12.6. The number of rotatable bonds is 9. The molecule has 0 unspecified atom stereocenters. The molecule has 0 aliphatic heterocycles.